The molecule has 0 unspecified atom stereocenters. The average Bonchev–Trinajstić information content (AvgIpc) is 2.64. The lowest BCUT2D eigenvalue weighted by atomic mass is 10.2. The Morgan fingerprint density at radius 2 is 1.84 bits per heavy atom. The number of rotatable bonds is 5. The third kappa shape index (κ3) is 5.40. The molecule has 0 aliphatic carbocycles. The van der Waals surface area contributed by atoms with Gasteiger partial charge in [-0.15, -0.1) is 0 Å². The summed E-state index contributed by atoms with van der Waals surface area (Å²) in [6.07, 6.45) is -5.36. The number of sulfonamides is 1. The number of nitrogens with zero attached hydrogens (tertiary/aromatic N) is 1. The number of fused-ring (bicyclic) bond motifs is 1. The second-order valence-corrected chi connectivity index (χ2v) is 11.3. The van der Waals surface area contributed by atoms with Crippen molar-refractivity contribution in [2.45, 2.75) is 17.2 Å². The van der Waals surface area contributed by atoms with Crippen molar-refractivity contribution in [3.05, 3.63) is 51.3 Å². The van der Waals surface area contributed by atoms with Crippen LogP contribution in [0.2, 0.25) is 0 Å². The predicted octanol–water partition coefficient (Wildman–Crippen LogP) is 3.38. The van der Waals surface area contributed by atoms with E-state index in [4.69, 9.17) is 4.74 Å². The predicted molar refractivity (Wildman–Crippen MR) is 110 cm³/mol. The van der Waals surface area contributed by atoms with Crippen molar-refractivity contribution in [1.82, 2.24) is 0 Å². The maximum atomic E-state index is 13.6. The van der Waals surface area contributed by atoms with E-state index in [1.54, 1.807) is 6.07 Å². The van der Waals surface area contributed by atoms with Gasteiger partial charge in [-0.1, -0.05) is 0 Å². The molecule has 0 spiro atoms. The molecule has 7 nitrogen and oxygen atoms in total. The molecule has 0 saturated heterocycles. The Morgan fingerprint density at radius 3 is 2.45 bits per heavy atom. The Balaban J connectivity index is 2.07. The fourth-order valence-corrected chi connectivity index (χ4v) is 5.21. The Bertz CT molecular complexity index is 1220. The van der Waals surface area contributed by atoms with Crippen molar-refractivity contribution in [1.29, 1.82) is 0 Å². The van der Waals surface area contributed by atoms with E-state index in [0.29, 0.717) is 9.64 Å². The van der Waals surface area contributed by atoms with E-state index < -0.39 is 61.8 Å². The number of anilines is 1. The molecule has 0 radical (unpaired) electrons. The molecule has 2 aromatic rings. The lowest BCUT2D eigenvalue weighted by molar-refractivity contribution is -0.140. The topological polar surface area (TPSA) is 90.0 Å². The van der Waals surface area contributed by atoms with Gasteiger partial charge in [0.2, 0.25) is 0 Å². The summed E-state index contributed by atoms with van der Waals surface area (Å²) in [5.74, 6) is -1.54. The van der Waals surface area contributed by atoms with Gasteiger partial charge in [-0.3, -0.25) is 8.49 Å². The molecule has 0 N–H and O–H groups in total. The first kappa shape index (κ1) is 24.0. The summed E-state index contributed by atoms with van der Waals surface area (Å²) in [6, 6.07) is 5.85. The number of hydrogen-bond donors (Lipinski definition) is 0. The van der Waals surface area contributed by atoms with Crippen molar-refractivity contribution in [2.75, 3.05) is 23.7 Å². The molecule has 2 aromatic carbocycles. The van der Waals surface area contributed by atoms with Gasteiger partial charge in [0.1, 0.15) is 24.3 Å². The number of ether oxygens (including phenoxy) is 1. The van der Waals surface area contributed by atoms with Crippen LogP contribution in [-0.2, 0) is 30.5 Å². The molecule has 14 heteroatoms. The minimum Gasteiger partial charge on any atom is -0.484 e. The highest BCUT2D eigenvalue weighted by Gasteiger charge is 2.39. The molecule has 0 aromatic heterocycles. The quantitative estimate of drug-likeness (QED) is 0.299. The zero-order valence-electron chi connectivity index (χ0n) is 15.6. The first-order valence-corrected chi connectivity index (χ1v) is 12.7. The van der Waals surface area contributed by atoms with Gasteiger partial charge < -0.3 is 4.74 Å². The van der Waals surface area contributed by atoms with Gasteiger partial charge in [-0.25, -0.2) is 12.8 Å². The zero-order valence-corrected chi connectivity index (χ0v) is 19.3. The monoisotopic (exact) mass is 595 g/mol. The Hall–Kier alpha value is -1.65. The van der Waals surface area contributed by atoms with Crippen LogP contribution in [0.5, 0.6) is 5.75 Å². The van der Waals surface area contributed by atoms with Gasteiger partial charge in [-0.2, -0.15) is 21.6 Å². The van der Waals surface area contributed by atoms with E-state index >= 15 is 0 Å². The van der Waals surface area contributed by atoms with E-state index in [-0.39, 0.29) is 17.5 Å². The van der Waals surface area contributed by atoms with Crippen LogP contribution in [0.4, 0.5) is 23.2 Å². The third-order valence-corrected chi connectivity index (χ3v) is 7.16. The van der Waals surface area contributed by atoms with E-state index in [1.165, 1.54) is 12.1 Å². The van der Waals surface area contributed by atoms with Gasteiger partial charge in [0.25, 0.3) is 20.1 Å². The number of alkyl halides is 3. The van der Waals surface area contributed by atoms with Gasteiger partial charge in [-0.05, 0) is 59.0 Å². The van der Waals surface area contributed by atoms with E-state index in [9.17, 15) is 34.4 Å². The molecule has 170 valence electrons. The van der Waals surface area contributed by atoms with Crippen LogP contribution in [0.1, 0.15) is 5.56 Å². The zero-order chi connectivity index (χ0) is 23.2. The second kappa shape index (κ2) is 8.37. The average molecular weight is 595 g/mol. The maximum Gasteiger partial charge on any atom is 0.419 e. The standard InChI is InChI=1S/C17H14F4INO6S2/c1-30(24,25)28-9-11-8-23(15-6-10(22)2-5-16(15)29-11)31(26,27)12-3-4-14(18)13(7-12)17(19,20)21/h2-7,11H,8-9H2,1H3/t11-/m1/s1. The van der Waals surface area contributed by atoms with E-state index in [0.717, 1.165) is 16.6 Å². The summed E-state index contributed by atoms with van der Waals surface area (Å²) in [5, 5.41) is 0. The number of halogens is 5. The smallest absolute Gasteiger partial charge is 0.419 e. The van der Waals surface area contributed by atoms with Crippen molar-refractivity contribution >= 4 is 48.4 Å². The summed E-state index contributed by atoms with van der Waals surface area (Å²) in [4.78, 5) is -0.782. The number of hydrogen-bond acceptors (Lipinski definition) is 6. The highest BCUT2D eigenvalue weighted by molar-refractivity contribution is 14.1. The first-order valence-electron chi connectivity index (χ1n) is 8.38. The van der Waals surface area contributed by atoms with Crippen LogP contribution in [0.15, 0.2) is 41.3 Å². The molecule has 1 heterocycles. The highest BCUT2D eigenvalue weighted by Crippen LogP contribution is 2.39. The molecule has 0 bridgehead atoms. The molecule has 1 atom stereocenters. The van der Waals surface area contributed by atoms with Crippen molar-refractivity contribution < 1.29 is 43.3 Å². The molecular weight excluding hydrogens is 581 g/mol. The minimum absolute atomic E-state index is 0.0420. The second-order valence-electron chi connectivity index (χ2n) is 6.52. The van der Waals surface area contributed by atoms with E-state index in [2.05, 4.69) is 4.18 Å². The normalized spacial score (nSPS) is 17.2. The van der Waals surface area contributed by atoms with Crippen molar-refractivity contribution in [2.24, 2.45) is 0 Å². The summed E-state index contributed by atoms with van der Waals surface area (Å²) >= 11 is 1.91. The van der Waals surface area contributed by atoms with Gasteiger partial charge in [0, 0.05) is 3.57 Å². The molecule has 0 amide bonds. The SMILES string of the molecule is CS(=O)(=O)OC[C@H]1CN(S(=O)(=O)c2ccc(F)c(C(F)(F)F)c2)c2cc(I)ccc2O1. The van der Waals surface area contributed by atoms with Gasteiger partial charge in [0.05, 0.1) is 28.9 Å². The fourth-order valence-electron chi connectivity index (χ4n) is 2.81. The van der Waals surface area contributed by atoms with Gasteiger partial charge in [0.15, 0.2) is 0 Å². The van der Waals surface area contributed by atoms with E-state index in [1.807, 2.05) is 22.6 Å². The van der Waals surface area contributed by atoms with Gasteiger partial charge >= 0.3 is 6.18 Å². The summed E-state index contributed by atoms with van der Waals surface area (Å²) < 4.78 is 114. The van der Waals surface area contributed by atoms with Crippen molar-refractivity contribution in [3.8, 4) is 5.75 Å². The molecule has 1 aliphatic heterocycles. The lowest BCUT2D eigenvalue weighted by Crippen LogP contribution is -2.45. The van der Waals surface area contributed by atoms with Crippen LogP contribution in [0, 0.1) is 9.39 Å². The third-order valence-electron chi connectivity index (χ3n) is 4.15. The molecule has 1 aliphatic rings. The summed E-state index contributed by atoms with van der Waals surface area (Å²) in [5.41, 5.74) is -1.68. The Kier molecular flexibility index (Phi) is 6.48. The van der Waals surface area contributed by atoms with Crippen LogP contribution in [-0.4, -0.2) is 42.3 Å². The molecule has 3 rings (SSSR count). The summed E-state index contributed by atoms with van der Waals surface area (Å²) in [7, 11) is -8.46. The minimum atomic E-state index is -5.10. The number of benzene rings is 2. The first-order chi connectivity index (χ1) is 14.2. The molecule has 0 saturated carbocycles. The Labute approximate surface area is 189 Å². The lowest BCUT2D eigenvalue weighted by Gasteiger charge is -2.35. The fraction of sp³-hybridized carbons (Fsp3) is 0.294. The molecule has 31 heavy (non-hydrogen) atoms. The van der Waals surface area contributed by atoms with Crippen LogP contribution < -0.4 is 9.04 Å². The Morgan fingerprint density at radius 1 is 1.16 bits per heavy atom. The molecule has 0 fully saturated rings. The highest BCUT2D eigenvalue weighted by atomic mass is 127. The maximum absolute atomic E-state index is 13.6. The van der Waals surface area contributed by atoms with Crippen LogP contribution >= 0.6 is 22.6 Å². The van der Waals surface area contributed by atoms with Crippen molar-refractivity contribution in [3.63, 3.8) is 0 Å². The van der Waals surface area contributed by atoms with Crippen LogP contribution in [0.25, 0.3) is 0 Å². The molecular formula is C17H14F4INO6S2. The summed E-state index contributed by atoms with van der Waals surface area (Å²) in [6.45, 7) is -0.961. The van der Waals surface area contributed by atoms with Crippen LogP contribution in [0.3, 0.4) is 0 Å². The largest absolute Gasteiger partial charge is 0.484 e.